The number of aryl methyl sites for hydroxylation is 2. The smallest absolute Gasteiger partial charge is 0.410 e. The molecule has 0 aromatic carbocycles. The molecule has 1 aliphatic rings. The van der Waals surface area contributed by atoms with Gasteiger partial charge in [0, 0.05) is 18.8 Å². The van der Waals surface area contributed by atoms with Crippen molar-refractivity contribution in [3.63, 3.8) is 0 Å². The maximum atomic E-state index is 12.0. The van der Waals surface area contributed by atoms with E-state index in [1.165, 1.54) is 0 Å². The van der Waals surface area contributed by atoms with Crippen LogP contribution in [0.2, 0.25) is 0 Å². The van der Waals surface area contributed by atoms with Gasteiger partial charge in [0.1, 0.15) is 5.60 Å². The number of amides is 1. The highest BCUT2D eigenvalue weighted by Crippen LogP contribution is 2.25. The monoisotopic (exact) mass is 309 g/mol. The molecule has 1 fully saturated rings. The van der Waals surface area contributed by atoms with Gasteiger partial charge in [-0.15, -0.1) is 0 Å². The van der Waals surface area contributed by atoms with Crippen molar-refractivity contribution in [2.24, 2.45) is 0 Å². The van der Waals surface area contributed by atoms with Crippen molar-refractivity contribution >= 4 is 6.09 Å². The Balaban J connectivity index is 1.93. The fourth-order valence-electron chi connectivity index (χ4n) is 2.70. The zero-order valence-corrected chi connectivity index (χ0v) is 14.2. The molecule has 0 aliphatic carbocycles. The Hall–Kier alpha value is -1.56. The van der Waals surface area contributed by atoms with Crippen LogP contribution in [0.4, 0.5) is 4.79 Å². The number of hydrogen-bond acceptors (Lipinski definition) is 4. The van der Waals surface area contributed by atoms with Crippen molar-refractivity contribution in [2.45, 2.75) is 65.2 Å². The lowest BCUT2D eigenvalue weighted by Gasteiger charge is -2.38. The van der Waals surface area contributed by atoms with Crippen LogP contribution in [0.3, 0.4) is 0 Å². The van der Waals surface area contributed by atoms with Crippen molar-refractivity contribution < 1.29 is 14.6 Å². The van der Waals surface area contributed by atoms with Crippen molar-refractivity contribution in [1.29, 1.82) is 0 Å². The Bertz CT molecular complexity index is 537. The van der Waals surface area contributed by atoms with Crippen LogP contribution in [-0.4, -0.2) is 50.2 Å². The molecule has 124 valence electrons. The summed E-state index contributed by atoms with van der Waals surface area (Å²) >= 11 is 0. The number of piperidine rings is 1. The van der Waals surface area contributed by atoms with Gasteiger partial charge in [-0.1, -0.05) is 0 Å². The van der Waals surface area contributed by atoms with Crippen LogP contribution < -0.4 is 0 Å². The maximum Gasteiger partial charge on any atom is 0.410 e. The lowest BCUT2D eigenvalue weighted by molar-refractivity contribution is -0.0435. The standard InChI is InChI=1S/C16H27N3O3/c1-12-10-13(2)19(17-12)11-16(21)6-8-18(9-7-16)14(20)22-15(3,4)5/h10,21H,6-9,11H2,1-5H3. The number of rotatable bonds is 2. The number of hydrogen-bond donors (Lipinski definition) is 1. The van der Waals surface area contributed by atoms with Crippen LogP contribution >= 0.6 is 0 Å². The fourth-order valence-corrected chi connectivity index (χ4v) is 2.70. The molecular formula is C16H27N3O3. The van der Waals surface area contributed by atoms with Gasteiger partial charge in [-0.05, 0) is 53.5 Å². The molecule has 6 heteroatoms. The van der Waals surface area contributed by atoms with E-state index in [-0.39, 0.29) is 6.09 Å². The summed E-state index contributed by atoms with van der Waals surface area (Å²) in [6.07, 6.45) is 0.760. The molecular weight excluding hydrogens is 282 g/mol. The predicted molar refractivity (Wildman–Crippen MR) is 83.7 cm³/mol. The molecule has 1 aliphatic heterocycles. The number of likely N-dealkylation sites (tertiary alicyclic amines) is 1. The zero-order valence-electron chi connectivity index (χ0n) is 14.2. The Kier molecular flexibility index (Phi) is 4.52. The van der Waals surface area contributed by atoms with Crippen molar-refractivity contribution in [2.75, 3.05) is 13.1 Å². The number of carbonyl (C=O) groups excluding carboxylic acids is 1. The zero-order chi connectivity index (χ0) is 16.5. The summed E-state index contributed by atoms with van der Waals surface area (Å²) < 4.78 is 7.22. The SMILES string of the molecule is Cc1cc(C)n(CC2(O)CCN(C(=O)OC(C)(C)C)CC2)n1. The Labute approximate surface area is 132 Å². The van der Waals surface area contributed by atoms with E-state index in [9.17, 15) is 9.90 Å². The fraction of sp³-hybridized carbons (Fsp3) is 0.750. The highest BCUT2D eigenvalue weighted by atomic mass is 16.6. The lowest BCUT2D eigenvalue weighted by Crippen LogP contribution is -2.49. The normalized spacial score (nSPS) is 18.4. The first-order valence-corrected chi connectivity index (χ1v) is 7.79. The predicted octanol–water partition coefficient (Wildman–Crippen LogP) is 2.26. The number of ether oxygens (including phenoxy) is 1. The van der Waals surface area contributed by atoms with E-state index in [2.05, 4.69) is 5.10 Å². The summed E-state index contributed by atoms with van der Waals surface area (Å²) in [6, 6.07) is 2.00. The molecule has 1 N–H and O–H groups in total. The summed E-state index contributed by atoms with van der Waals surface area (Å²) in [4.78, 5) is 13.7. The second-order valence-corrected chi connectivity index (χ2v) is 7.28. The van der Waals surface area contributed by atoms with E-state index in [1.54, 1.807) is 4.90 Å². The van der Waals surface area contributed by atoms with Crippen molar-refractivity contribution in [1.82, 2.24) is 14.7 Å². The van der Waals surface area contributed by atoms with E-state index >= 15 is 0 Å². The molecule has 0 radical (unpaired) electrons. The molecule has 0 saturated carbocycles. The van der Waals surface area contributed by atoms with Gasteiger partial charge in [-0.25, -0.2) is 4.79 Å². The largest absolute Gasteiger partial charge is 0.444 e. The Morgan fingerprint density at radius 3 is 2.41 bits per heavy atom. The van der Waals surface area contributed by atoms with Crippen LogP contribution in [-0.2, 0) is 11.3 Å². The topological polar surface area (TPSA) is 67.6 Å². The molecule has 0 unspecified atom stereocenters. The first-order chi connectivity index (χ1) is 10.1. The Morgan fingerprint density at radius 1 is 1.36 bits per heavy atom. The van der Waals surface area contributed by atoms with Crippen LogP contribution in [0.15, 0.2) is 6.07 Å². The molecule has 1 saturated heterocycles. The van der Waals surface area contributed by atoms with Gasteiger partial charge >= 0.3 is 6.09 Å². The average molecular weight is 309 g/mol. The first kappa shape index (κ1) is 16.8. The van der Waals surface area contributed by atoms with Gasteiger partial charge in [0.2, 0.25) is 0 Å². The number of nitrogens with zero attached hydrogens (tertiary/aromatic N) is 3. The van der Waals surface area contributed by atoms with Crippen molar-refractivity contribution in [3.05, 3.63) is 17.5 Å². The highest BCUT2D eigenvalue weighted by molar-refractivity contribution is 5.68. The summed E-state index contributed by atoms with van der Waals surface area (Å²) in [7, 11) is 0. The minimum atomic E-state index is -0.818. The number of aromatic nitrogens is 2. The minimum absolute atomic E-state index is 0.305. The molecule has 1 aromatic heterocycles. The lowest BCUT2D eigenvalue weighted by atomic mass is 9.91. The van der Waals surface area contributed by atoms with Gasteiger partial charge in [0.25, 0.3) is 0 Å². The third-order valence-corrected chi connectivity index (χ3v) is 3.89. The molecule has 2 heterocycles. The van der Waals surface area contributed by atoms with E-state index in [0.29, 0.717) is 32.5 Å². The van der Waals surface area contributed by atoms with Crippen LogP contribution in [0.5, 0.6) is 0 Å². The first-order valence-electron chi connectivity index (χ1n) is 7.79. The van der Waals surface area contributed by atoms with Gasteiger partial charge in [-0.3, -0.25) is 4.68 Å². The highest BCUT2D eigenvalue weighted by Gasteiger charge is 2.36. The Morgan fingerprint density at radius 2 is 1.95 bits per heavy atom. The number of aliphatic hydroxyl groups is 1. The number of carbonyl (C=O) groups is 1. The van der Waals surface area contributed by atoms with Gasteiger partial charge in [-0.2, -0.15) is 5.10 Å². The summed E-state index contributed by atoms with van der Waals surface area (Å²) in [6.45, 7) is 11.0. The average Bonchev–Trinajstić information content (AvgIpc) is 2.65. The minimum Gasteiger partial charge on any atom is -0.444 e. The van der Waals surface area contributed by atoms with E-state index in [0.717, 1.165) is 11.4 Å². The quantitative estimate of drug-likeness (QED) is 0.910. The van der Waals surface area contributed by atoms with Gasteiger partial charge in [0.05, 0.1) is 17.8 Å². The molecule has 6 nitrogen and oxygen atoms in total. The third-order valence-electron chi connectivity index (χ3n) is 3.89. The van der Waals surface area contributed by atoms with Gasteiger partial charge < -0.3 is 14.7 Å². The molecule has 0 bridgehead atoms. The summed E-state index contributed by atoms with van der Waals surface area (Å²) in [5.41, 5.74) is 0.684. The maximum absolute atomic E-state index is 12.0. The second-order valence-electron chi connectivity index (χ2n) is 7.28. The van der Waals surface area contributed by atoms with E-state index in [1.807, 2.05) is 45.4 Å². The molecule has 0 spiro atoms. The summed E-state index contributed by atoms with van der Waals surface area (Å²) in [5.74, 6) is 0. The van der Waals surface area contributed by atoms with E-state index in [4.69, 9.17) is 4.74 Å². The van der Waals surface area contributed by atoms with E-state index < -0.39 is 11.2 Å². The molecule has 2 rings (SSSR count). The van der Waals surface area contributed by atoms with Crippen LogP contribution in [0.1, 0.15) is 45.0 Å². The molecule has 0 atom stereocenters. The molecule has 1 aromatic rings. The van der Waals surface area contributed by atoms with Crippen LogP contribution in [0.25, 0.3) is 0 Å². The second kappa shape index (κ2) is 5.91. The van der Waals surface area contributed by atoms with Crippen molar-refractivity contribution in [3.8, 4) is 0 Å². The van der Waals surface area contributed by atoms with Crippen LogP contribution in [0, 0.1) is 13.8 Å². The summed E-state index contributed by atoms with van der Waals surface area (Å²) in [5, 5.41) is 15.2. The third kappa shape index (κ3) is 4.22. The molecule has 22 heavy (non-hydrogen) atoms. The molecule has 1 amide bonds. The van der Waals surface area contributed by atoms with Gasteiger partial charge in [0.15, 0.2) is 0 Å².